The zero-order valence-corrected chi connectivity index (χ0v) is 3.54. The smallest absolute Gasteiger partial charge is 0.446 e. The average Bonchev–Trinajstić information content (AvgIpc) is 1.62. The average molecular weight is 130 g/mol. The number of alkyl halides is 3. The summed E-state index contributed by atoms with van der Waals surface area (Å²) in [4.78, 5) is 0. The van der Waals surface area contributed by atoms with Crippen LogP contribution in [0.4, 0.5) is 17.6 Å². The Balaban J connectivity index is 4.03. The van der Waals surface area contributed by atoms with E-state index in [1.807, 2.05) is 0 Å². The summed E-state index contributed by atoms with van der Waals surface area (Å²) in [5.41, 5.74) is 0. The molecule has 0 saturated carbocycles. The third-order valence-corrected chi connectivity index (χ3v) is 0.384. The van der Waals surface area contributed by atoms with E-state index < -0.39 is 18.3 Å². The fourth-order valence-corrected chi connectivity index (χ4v) is 0.0732. The van der Waals surface area contributed by atoms with E-state index in [4.69, 9.17) is 5.11 Å². The third kappa shape index (κ3) is 1.81. The second-order valence-electron chi connectivity index (χ2n) is 0.975. The molecule has 0 heterocycles. The van der Waals surface area contributed by atoms with E-state index >= 15 is 0 Å². The van der Waals surface area contributed by atoms with Gasteiger partial charge in [0.2, 0.25) is 5.83 Å². The highest BCUT2D eigenvalue weighted by Crippen LogP contribution is 2.25. The molecule has 0 aromatic carbocycles. The van der Waals surface area contributed by atoms with Crippen molar-refractivity contribution in [1.29, 1.82) is 0 Å². The lowest BCUT2D eigenvalue weighted by Crippen LogP contribution is -2.07. The topological polar surface area (TPSA) is 20.2 Å². The molecule has 0 aliphatic heterocycles. The largest absolute Gasteiger partial charge is 0.513 e. The molecule has 0 saturated heterocycles. The Morgan fingerprint density at radius 3 is 1.75 bits per heavy atom. The maximum absolute atomic E-state index is 11.1. The van der Waals surface area contributed by atoms with Gasteiger partial charge in [-0.2, -0.15) is 17.6 Å². The van der Waals surface area contributed by atoms with Crippen molar-refractivity contribution in [2.75, 3.05) is 0 Å². The molecule has 0 aromatic rings. The summed E-state index contributed by atoms with van der Waals surface area (Å²) in [7, 11) is 0. The van der Waals surface area contributed by atoms with E-state index in [1.54, 1.807) is 0 Å². The molecule has 1 nitrogen and oxygen atoms in total. The normalized spacial score (nSPS) is 14.2. The van der Waals surface area contributed by atoms with Crippen LogP contribution in [0.3, 0.4) is 0 Å². The standard InChI is InChI=1S/C3H2F4O/c4-2(1-8)3(5,6)7/h1,8H/b2-1+. The minimum Gasteiger partial charge on any atom is -0.513 e. The molecular weight excluding hydrogens is 128 g/mol. The van der Waals surface area contributed by atoms with Crippen molar-refractivity contribution < 1.29 is 22.7 Å². The van der Waals surface area contributed by atoms with Crippen LogP contribution in [0.2, 0.25) is 0 Å². The van der Waals surface area contributed by atoms with Crippen LogP contribution in [0.15, 0.2) is 12.1 Å². The molecule has 0 aliphatic rings. The Kier molecular flexibility index (Phi) is 1.83. The van der Waals surface area contributed by atoms with Crippen LogP contribution in [0.5, 0.6) is 0 Å². The van der Waals surface area contributed by atoms with Gasteiger partial charge in [-0.05, 0) is 0 Å². The van der Waals surface area contributed by atoms with Gasteiger partial charge in [0.05, 0.1) is 0 Å². The number of hydrogen-bond acceptors (Lipinski definition) is 1. The van der Waals surface area contributed by atoms with E-state index in [0.29, 0.717) is 0 Å². The van der Waals surface area contributed by atoms with Crippen molar-refractivity contribution in [3.8, 4) is 0 Å². The van der Waals surface area contributed by atoms with E-state index in [0.717, 1.165) is 0 Å². The van der Waals surface area contributed by atoms with Gasteiger partial charge in [-0.1, -0.05) is 0 Å². The molecule has 0 aliphatic carbocycles. The summed E-state index contributed by atoms with van der Waals surface area (Å²) in [6.07, 6.45) is -5.67. The number of aliphatic hydroxyl groups is 1. The fraction of sp³-hybridized carbons (Fsp3) is 0.333. The molecule has 0 unspecified atom stereocenters. The number of allylic oxidation sites excluding steroid dienone is 1. The molecule has 1 N–H and O–H groups in total. The van der Waals surface area contributed by atoms with E-state index in [1.165, 1.54) is 0 Å². The molecule has 0 spiro atoms. The predicted octanol–water partition coefficient (Wildman–Crippen LogP) is 1.92. The molecule has 5 heteroatoms. The van der Waals surface area contributed by atoms with Crippen molar-refractivity contribution in [2.24, 2.45) is 0 Å². The SMILES string of the molecule is O/C=C(/F)C(F)(F)F. The molecule has 0 radical (unpaired) electrons. The van der Waals surface area contributed by atoms with Gasteiger partial charge in [-0.15, -0.1) is 0 Å². The fourth-order valence-electron chi connectivity index (χ4n) is 0.0732. The van der Waals surface area contributed by atoms with Crippen LogP contribution >= 0.6 is 0 Å². The number of hydrogen-bond donors (Lipinski definition) is 1. The van der Waals surface area contributed by atoms with Gasteiger partial charge in [-0.3, -0.25) is 0 Å². The Bertz CT molecular complexity index is 102. The highest BCUT2D eigenvalue weighted by Gasteiger charge is 2.34. The molecule has 0 atom stereocenters. The summed E-state index contributed by atoms with van der Waals surface area (Å²) in [6, 6.07) is 0. The second kappa shape index (κ2) is 2.02. The summed E-state index contributed by atoms with van der Waals surface area (Å²) in [6.45, 7) is 0. The van der Waals surface area contributed by atoms with Crippen molar-refractivity contribution in [2.45, 2.75) is 6.18 Å². The monoisotopic (exact) mass is 130 g/mol. The summed E-state index contributed by atoms with van der Waals surface area (Å²) < 4.78 is 43.7. The van der Waals surface area contributed by atoms with Gasteiger partial charge in [-0.25, -0.2) is 0 Å². The van der Waals surface area contributed by atoms with Crippen molar-refractivity contribution in [3.05, 3.63) is 12.1 Å². The zero-order valence-electron chi connectivity index (χ0n) is 3.54. The molecular formula is C3H2F4O. The van der Waals surface area contributed by atoms with Crippen molar-refractivity contribution >= 4 is 0 Å². The van der Waals surface area contributed by atoms with Gasteiger partial charge in [0.25, 0.3) is 0 Å². The van der Waals surface area contributed by atoms with Crippen LogP contribution < -0.4 is 0 Å². The van der Waals surface area contributed by atoms with Crippen LogP contribution in [-0.2, 0) is 0 Å². The molecule has 0 aromatic heterocycles. The quantitative estimate of drug-likeness (QED) is 0.392. The zero-order chi connectivity index (χ0) is 6.78. The molecule has 8 heavy (non-hydrogen) atoms. The molecule has 48 valence electrons. The lowest BCUT2D eigenvalue weighted by atomic mass is 10.6. The minimum atomic E-state index is -5.05. The van der Waals surface area contributed by atoms with Crippen LogP contribution in [0.1, 0.15) is 0 Å². The van der Waals surface area contributed by atoms with Crippen molar-refractivity contribution in [1.82, 2.24) is 0 Å². The summed E-state index contributed by atoms with van der Waals surface area (Å²) >= 11 is 0. The Labute approximate surface area is 42.2 Å². The van der Waals surface area contributed by atoms with Gasteiger partial charge < -0.3 is 5.11 Å². The summed E-state index contributed by atoms with van der Waals surface area (Å²) in [5, 5.41) is 7.41. The van der Waals surface area contributed by atoms with E-state index in [2.05, 4.69) is 0 Å². The van der Waals surface area contributed by atoms with E-state index in [-0.39, 0.29) is 0 Å². The molecule has 0 bridgehead atoms. The first-order valence-electron chi connectivity index (χ1n) is 1.55. The van der Waals surface area contributed by atoms with E-state index in [9.17, 15) is 17.6 Å². The Morgan fingerprint density at radius 2 is 1.75 bits per heavy atom. The van der Waals surface area contributed by atoms with Gasteiger partial charge in [0, 0.05) is 0 Å². The predicted molar refractivity (Wildman–Crippen MR) is 17.9 cm³/mol. The molecule has 0 amide bonds. The maximum Gasteiger partial charge on any atom is 0.446 e. The first-order chi connectivity index (χ1) is 3.48. The third-order valence-electron chi connectivity index (χ3n) is 0.384. The van der Waals surface area contributed by atoms with Crippen molar-refractivity contribution in [3.63, 3.8) is 0 Å². The van der Waals surface area contributed by atoms with Crippen LogP contribution in [-0.4, -0.2) is 11.3 Å². The van der Waals surface area contributed by atoms with Gasteiger partial charge in [0.1, 0.15) is 6.26 Å². The molecule has 0 fully saturated rings. The minimum absolute atomic E-state index is 0.625. The highest BCUT2D eigenvalue weighted by molar-refractivity contribution is 4.92. The maximum atomic E-state index is 11.1. The molecule has 0 rings (SSSR count). The number of aliphatic hydroxyl groups excluding tert-OH is 1. The Morgan fingerprint density at radius 1 is 1.38 bits per heavy atom. The first-order valence-corrected chi connectivity index (χ1v) is 1.55. The number of halogens is 4. The highest BCUT2D eigenvalue weighted by atomic mass is 19.4. The second-order valence-corrected chi connectivity index (χ2v) is 0.975. The van der Waals surface area contributed by atoms with Crippen LogP contribution in [0.25, 0.3) is 0 Å². The lowest BCUT2D eigenvalue weighted by Gasteiger charge is -1.98. The Hall–Kier alpha value is -0.740. The van der Waals surface area contributed by atoms with Gasteiger partial charge in [0.15, 0.2) is 0 Å². The van der Waals surface area contributed by atoms with Crippen LogP contribution in [0, 0.1) is 0 Å². The van der Waals surface area contributed by atoms with Gasteiger partial charge >= 0.3 is 6.18 Å². The number of rotatable bonds is 0. The lowest BCUT2D eigenvalue weighted by molar-refractivity contribution is -0.110. The summed E-state index contributed by atoms with van der Waals surface area (Å²) in [5.74, 6) is -2.49. The first kappa shape index (κ1) is 7.26.